The highest BCUT2D eigenvalue weighted by atomic mass is 35.5. The first-order valence-corrected chi connectivity index (χ1v) is 13.0. The van der Waals surface area contributed by atoms with Gasteiger partial charge in [-0.15, -0.1) is 12.4 Å². The molecule has 3 aromatic rings. The molecule has 0 spiro atoms. The van der Waals surface area contributed by atoms with Crippen LogP contribution in [-0.2, 0) is 14.8 Å². The molecule has 15 heteroatoms. The summed E-state index contributed by atoms with van der Waals surface area (Å²) >= 11 is 0. The number of nitro benzene ring substituents is 1. The van der Waals surface area contributed by atoms with E-state index in [-0.39, 0.29) is 28.7 Å². The van der Waals surface area contributed by atoms with Crippen LogP contribution in [-0.4, -0.2) is 84.9 Å². The molecule has 0 unspecified atom stereocenters. The number of ether oxygens (including phenoxy) is 1. The molecule has 1 N–H and O–H groups in total. The van der Waals surface area contributed by atoms with Crippen LogP contribution in [0.15, 0.2) is 52.7 Å². The minimum atomic E-state index is -4.24. The van der Waals surface area contributed by atoms with Crippen molar-refractivity contribution in [2.75, 3.05) is 51.8 Å². The van der Waals surface area contributed by atoms with E-state index in [1.54, 1.807) is 18.3 Å². The lowest BCUT2D eigenvalue weighted by atomic mass is 10.2. The van der Waals surface area contributed by atoms with Crippen LogP contribution in [0.4, 0.5) is 11.4 Å². The van der Waals surface area contributed by atoms with Crippen molar-refractivity contribution < 1.29 is 18.1 Å². The minimum Gasteiger partial charge on any atom is -0.384 e. The molecule has 1 aromatic carbocycles. The number of sulfonamides is 1. The van der Waals surface area contributed by atoms with Gasteiger partial charge in [-0.1, -0.05) is 0 Å². The number of anilines is 1. The van der Waals surface area contributed by atoms with E-state index in [1.807, 2.05) is 6.07 Å². The average Bonchev–Trinajstić information content (AvgIpc) is 3.32. The number of halogens is 1. The van der Waals surface area contributed by atoms with Crippen molar-refractivity contribution in [3.05, 3.63) is 64.0 Å². The molecule has 1 aliphatic heterocycles. The van der Waals surface area contributed by atoms with Gasteiger partial charge in [0.05, 0.1) is 53.4 Å². The number of hydrazone groups is 1. The zero-order valence-corrected chi connectivity index (χ0v) is 22.2. The van der Waals surface area contributed by atoms with Crippen LogP contribution < -0.4 is 5.32 Å². The zero-order chi connectivity index (χ0) is 26.4. The number of hydrogen-bond donors (Lipinski definition) is 1. The number of rotatable bonds is 10. The van der Waals surface area contributed by atoms with E-state index >= 15 is 0 Å². The number of benzene rings is 1. The number of non-ortho nitro benzene ring substituents is 1. The largest absolute Gasteiger partial charge is 0.384 e. The number of hydrogen-bond acceptors (Lipinski definition) is 10. The highest BCUT2D eigenvalue weighted by Gasteiger charge is 2.26. The first kappa shape index (κ1) is 28.8. The van der Waals surface area contributed by atoms with Crippen LogP contribution in [0.5, 0.6) is 0 Å². The molecule has 4 rings (SSSR count). The molecule has 1 saturated heterocycles. The first-order valence-electron chi connectivity index (χ1n) is 11.5. The smallest absolute Gasteiger partial charge is 0.281 e. The minimum absolute atomic E-state index is 0. The van der Waals surface area contributed by atoms with Gasteiger partial charge in [-0.3, -0.25) is 15.0 Å². The fraction of sp³-hybridized carbons (Fsp3) is 0.348. The molecule has 38 heavy (non-hydrogen) atoms. The predicted octanol–water partition coefficient (Wildman–Crippen LogP) is 2.32. The van der Waals surface area contributed by atoms with Crippen molar-refractivity contribution in [1.29, 1.82) is 5.26 Å². The summed E-state index contributed by atoms with van der Waals surface area (Å²) in [5.74, 6) is 0. The van der Waals surface area contributed by atoms with E-state index in [0.29, 0.717) is 36.4 Å². The van der Waals surface area contributed by atoms with Crippen LogP contribution in [0.1, 0.15) is 17.5 Å². The maximum Gasteiger partial charge on any atom is 0.281 e. The lowest BCUT2D eigenvalue weighted by Gasteiger charge is -2.26. The fourth-order valence-corrected chi connectivity index (χ4v) is 4.99. The molecule has 1 fully saturated rings. The third-order valence-corrected chi connectivity index (χ3v) is 7.60. The van der Waals surface area contributed by atoms with Gasteiger partial charge in [0.15, 0.2) is 0 Å². The predicted molar refractivity (Wildman–Crippen MR) is 143 cm³/mol. The first-order chi connectivity index (χ1) is 17.8. The number of nitro groups is 1. The maximum atomic E-state index is 13.4. The van der Waals surface area contributed by atoms with Gasteiger partial charge in [0, 0.05) is 50.6 Å². The number of morpholine rings is 1. The third-order valence-electron chi connectivity index (χ3n) is 5.91. The summed E-state index contributed by atoms with van der Waals surface area (Å²) in [4.78, 5) is 12.7. The van der Waals surface area contributed by atoms with Gasteiger partial charge in [-0.2, -0.15) is 28.3 Å². The number of nitrogens with one attached hydrogen (secondary N) is 1. The van der Waals surface area contributed by atoms with Crippen LogP contribution in [0.25, 0.3) is 5.52 Å². The van der Waals surface area contributed by atoms with Crippen molar-refractivity contribution in [3.63, 3.8) is 0 Å². The molecule has 2 aromatic heterocycles. The van der Waals surface area contributed by atoms with E-state index in [4.69, 9.17) is 10.00 Å². The molecular formula is C23H27ClN8O5S. The normalized spacial score (nSPS) is 14.2. The number of fused-ring (bicyclic) bond motifs is 1. The Morgan fingerprint density at radius 2 is 2.08 bits per heavy atom. The second-order valence-electron chi connectivity index (χ2n) is 8.31. The van der Waals surface area contributed by atoms with E-state index in [0.717, 1.165) is 36.5 Å². The van der Waals surface area contributed by atoms with Gasteiger partial charge in [-0.25, -0.2) is 4.52 Å². The molecule has 13 nitrogen and oxygen atoms in total. The Bertz CT molecular complexity index is 1460. The van der Waals surface area contributed by atoms with Crippen LogP contribution in [0.3, 0.4) is 0 Å². The summed E-state index contributed by atoms with van der Waals surface area (Å²) in [7, 11) is -2.99. The number of nitriles is 1. The summed E-state index contributed by atoms with van der Waals surface area (Å²) in [6, 6.07) is 8.95. The summed E-state index contributed by atoms with van der Waals surface area (Å²) < 4.78 is 34.4. The van der Waals surface area contributed by atoms with Crippen LogP contribution >= 0.6 is 12.4 Å². The van der Waals surface area contributed by atoms with Gasteiger partial charge < -0.3 is 10.1 Å². The van der Waals surface area contributed by atoms with Gasteiger partial charge >= 0.3 is 0 Å². The molecule has 1 aliphatic rings. The van der Waals surface area contributed by atoms with E-state index in [1.165, 1.54) is 36.1 Å². The Kier molecular flexibility index (Phi) is 9.59. The number of aromatic nitrogens is 2. The Morgan fingerprint density at radius 3 is 2.79 bits per heavy atom. The monoisotopic (exact) mass is 562 g/mol. The highest BCUT2D eigenvalue weighted by molar-refractivity contribution is 7.89. The molecule has 0 radical (unpaired) electrons. The lowest BCUT2D eigenvalue weighted by molar-refractivity contribution is -0.385. The second kappa shape index (κ2) is 12.7. The maximum absolute atomic E-state index is 13.4. The number of pyridine rings is 1. The summed E-state index contributed by atoms with van der Waals surface area (Å²) in [6.45, 7) is 4.39. The second-order valence-corrected chi connectivity index (χ2v) is 10.2. The van der Waals surface area contributed by atoms with Crippen LogP contribution in [0.2, 0.25) is 0 Å². The lowest BCUT2D eigenvalue weighted by Crippen LogP contribution is -2.37. The molecule has 0 amide bonds. The van der Waals surface area contributed by atoms with Gasteiger partial charge in [-0.05, 0) is 31.2 Å². The van der Waals surface area contributed by atoms with E-state index < -0.39 is 14.9 Å². The Balaban J connectivity index is 0.00000400. The van der Waals surface area contributed by atoms with Gasteiger partial charge in [0.1, 0.15) is 4.90 Å². The molecule has 0 saturated carbocycles. The standard InChI is InChI=1S/C23H26N8O5S.ClH/c1-28(26-16-19-17-27-30-8-5-18(15-24)13-22(19)30)37(34,35)23-14-20(31(32)33)3-4-21(23)25-6-2-7-29-9-11-36-12-10-29;/h3-5,8,13-14,16-17,25H,2,6-7,9-12H2,1H3;1H/b26-16-;. The Labute approximate surface area is 225 Å². The highest BCUT2D eigenvalue weighted by Crippen LogP contribution is 2.29. The molecular weight excluding hydrogens is 536 g/mol. The molecule has 0 atom stereocenters. The van der Waals surface area contributed by atoms with Crippen molar-refractivity contribution >= 4 is 45.5 Å². The average molecular weight is 563 g/mol. The van der Waals surface area contributed by atoms with Crippen molar-refractivity contribution in [2.45, 2.75) is 11.3 Å². The fourth-order valence-electron chi connectivity index (χ4n) is 3.85. The third kappa shape index (κ3) is 6.56. The Morgan fingerprint density at radius 1 is 1.32 bits per heavy atom. The summed E-state index contributed by atoms with van der Waals surface area (Å²) in [5.41, 5.74) is 1.40. The number of nitrogens with zero attached hydrogens (tertiary/aromatic N) is 7. The quantitative estimate of drug-likeness (QED) is 0.169. The summed E-state index contributed by atoms with van der Waals surface area (Å²) in [6.07, 6.45) is 5.18. The molecule has 0 aliphatic carbocycles. The molecule has 0 bridgehead atoms. The van der Waals surface area contributed by atoms with Gasteiger partial charge in [0.2, 0.25) is 0 Å². The summed E-state index contributed by atoms with van der Waals surface area (Å²) in [5, 5.41) is 31.8. The van der Waals surface area contributed by atoms with E-state index in [9.17, 15) is 18.5 Å². The van der Waals surface area contributed by atoms with Crippen molar-refractivity contribution in [3.8, 4) is 6.07 Å². The van der Waals surface area contributed by atoms with Gasteiger partial charge in [0.25, 0.3) is 15.7 Å². The van der Waals surface area contributed by atoms with Crippen molar-refractivity contribution in [1.82, 2.24) is 18.9 Å². The zero-order valence-electron chi connectivity index (χ0n) is 20.6. The molecule has 3 heterocycles. The van der Waals surface area contributed by atoms with Crippen LogP contribution in [0, 0.1) is 21.4 Å². The van der Waals surface area contributed by atoms with Crippen molar-refractivity contribution in [2.24, 2.45) is 5.10 Å². The van der Waals surface area contributed by atoms with E-state index in [2.05, 4.69) is 20.4 Å². The topological polar surface area (TPSA) is 158 Å². The SMILES string of the molecule is CN(/N=C\c1cnn2ccc(C#N)cc12)S(=O)(=O)c1cc([N+](=O)[O-])ccc1NCCCN1CCOCC1.Cl. The molecule has 202 valence electrons. The Hall–Kier alpha value is -3.77.